The van der Waals surface area contributed by atoms with Crippen molar-refractivity contribution in [1.82, 2.24) is 9.55 Å². The quantitative estimate of drug-likeness (QED) is 0.627. The van der Waals surface area contributed by atoms with Gasteiger partial charge in [0.25, 0.3) is 4.82 Å². The van der Waals surface area contributed by atoms with Crippen LogP contribution in [0.2, 0.25) is 0 Å². The van der Waals surface area contributed by atoms with E-state index in [1.165, 1.54) is 0 Å². The van der Waals surface area contributed by atoms with Crippen LogP contribution in [-0.2, 0) is 7.05 Å². The molecule has 0 aliphatic heterocycles. The van der Waals surface area contributed by atoms with Gasteiger partial charge in [-0.05, 0) is 18.2 Å². The van der Waals surface area contributed by atoms with Gasteiger partial charge in [-0.25, -0.2) is 4.98 Å². The predicted molar refractivity (Wildman–Crippen MR) is 58.7 cm³/mol. The summed E-state index contributed by atoms with van der Waals surface area (Å²) in [6, 6.07) is 5.58. The number of carbonyl (C=O) groups is 1. The van der Waals surface area contributed by atoms with Crippen molar-refractivity contribution in [2.75, 3.05) is 5.32 Å². The van der Waals surface area contributed by atoms with Crippen molar-refractivity contribution in [2.24, 2.45) is 7.05 Å². The fourth-order valence-corrected chi connectivity index (χ4v) is 1.56. The van der Waals surface area contributed by atoms with Crippen molar-refractivity contribution in [3.63, 3.8) is 0 Å². The van der Waals surface area contributed by atoms with Crippen molar-refractivity contribution in [3.8, 4) is 0 Å². The Balaban J connectivity index is 2.46. The van der Waals surface area contributed by atoms with Gasteiger partial charge >= 0.3 is 0 Å². The summed E-state index contributed by atoms with van der Waals surface area (Å²) in [5.41, 5.74) is 2.64. The second-order valence-corrected chi connectivity index (χ2v) is 3.68. The summed E-state index contributed by atoms with van der Waals surface area (Å²) in [4.78, 5) is 14.7. The molecule has 4 nitrogen and oxygen atoms in total. The third-order valence-electron chi connectivity index (χ3n) is 1.97. The van der Waals surface area contributed by atoms with Crippen LogP contribution in [0.1, 0.15) is 0 Å². The maximum atomic E-state index is 10.7. The number of carbonyl (C=O) groups excluding carboxylic acids is 1. The molecular formula is C9H8BrN3O. The van der Waals surface area contributed by atoms with E-state index in [-0.39, 0.29) is 4.82 Å². The van der Waals surface area contributed by atoms with E-state index in [2.05, 4.69) is 26.2 Å². The van der Waals surface area contributed by atoms with E-state index in [1.807, 2.05) is 29.8 Å². The fraction of sp³-hybridized carbons (Fsp3) is 0.111. The van der Waals surface area contributed by atoms with E-state index in [4.69, 9.17) is 0 Å². The number of anilines is 1. The Hall–Kier alpha value is -1.36. The van der Waals surface area contributed by atoms with Crippen molar-refractivity contribution in [2.45, 2.75) is 0 Å². The molecule has 0 atom stereocenters. The molecule has 14 heavy (non-hydrogen) atoms. The molecule has 0 bridgehead atoms. The van der Waals surface area contributed by atoms with Gasteiger partial charge in [-0.2, -0.15) is 0 Å². The average Bonchev–Trinajstić information content (AvgIpc) is 2.46. The maximum absolute atomic E-state index is 10.7. The highest BCUT2D eigenvalue weighted by molar-refractivity contribution is 9.18. The molecule has 0 radical (unpaired) electrons. The minimum Gasteiger partial charge on any atom is -0.334 e. The number of amides is 1. The lowest BCUT2D eigenvalue weighted by Gasteiger charge is -2.00. The third-order valence-corrected chi connectivity index (χ3v) is 2.17. The average molecular weight is 254 g/mol. The first-order valence-electron chi connectivity index (χ1n) is 4.04. The topological polar surface area (TPSA) is 46.9 Å². The minimum absolute atomic E-state index is 0.257. The number of nitrogens with zero attached hydrogens (tertiary/aromatic N) is 2. The summed E-state index contributed by atoms with van der Waals surface area (Å²) in [6.45, 7) is 0. The molecule has 1 amide bonds. The Morgan fingerprint density at radius 3 is 3.07 bits per heavy atom. The van der Waals surface area contributed by atoms with Gasteiger partial charge in [0.15, 0.2) is 0 Å². The highest BCUT2D eigenvalue weighted by Crippen LogP contribution is 2.17. The van der Waals surface area contributed by atoms with Gasteiger partial charge in [-0.1, -0.05) is 0 Å². The molecule has 1 aromatic heterocycles. The number of nitrogens with one attached hydrogen (secondary N) is 1. The minimum atomic E-state index is -0.257. The number of imidazole rings is 1. The molecule has 0 saturated carbocycles. The highest BCUT2D eigenvalue weighted by Gasteiger charge is 2.01. The zero-order valence-electron chi connectivity index (χ0n) is 7.49. The molecule has 0 saturated heterocycles. The number of benzene rings is 1. The van der Waals surface area contributed by atoms with Crippen molar-refractivity contribution < 1.29 is 4.79 Å². The van der Waals surface area contributed by atoms with Gasteiger partial charge in [0.1, 0.15) is 0 Å². The van der Waals surface area contributed by atoms with Gasteiger partial charge in [0.05, 0.1) is 17.4 Å². The van der Waals surface area contributed by atoms with E-state index in [1.54, 1.807) is 6.33 Å². The monoisotopic (exact) mass is 253 g/mol. The van der Waals surface area contributed by atoms with Gasteiger partial charge < -0.3 is 9.88 Å². The van der Waals surface area contributed by atoms with Gasteiger partial charge in [0.2, 0.25) is 0 Å². The smallest absolute Gasteiger partial charge is 0.291 e. The van der Waals surface area contributed by atoms with E-state index in [9.17, 15) is 4.79 Å². The molecule has 5 heteroatoms. The molecule has 2 aromatic rings. The predicted octanol–water partition coefficient (Wildman–Crippen LogP) is 2.50. The molecule has 0 aliphatic rings. The molecule has 1 aromatic carbocycles. The largest absolute Gasteiger partial charge is 0.334 e. The van der Waals surface area contributed by atoms with Crippen molar-refractivity contribution in [1.29, 1.82) is 0 Å². The fourth-order valence-electron chi connectivity index (χ4n) is 1.33. The van der Waals surface area contributed by atoms with Gasteiger partial charge in [-0.15, -0.1) is 0 Å². The first-order chi connectivity index (χ1) is 6.66. The van der Waals surface area contributed by atoms with Crippen LogP contribution in [0, 0.1) is 0 Å². The molecular weight excluding hydrogens is 246 g/mol. The number of hydrogen-bond donors (Lipinski definition) is 1. The normalized spacial score (nSPS) is 10.4. The summed E-state index contributed by atoms with van der Waals surface area (Å²) >= 11 is 2.80. The molecule has 0 fully saturated rings. The summed E-state index contributed by atoms with van der Waals surface area (Å²) in [7, 11) is 1.93. The van der Waals surface area contributed by atoms with Crippen LogP contribution in [0.5, 0.6) is 0 Å². The van der Waals surface area contributed by atoms with Crippen LogP contribution < -0.4 is 5.32 Å². The van der Waals surface area contributed by atoms with Gasteiger partial charge in [0, 0.05) is 28.7 Å². The molecule has 2 rings (SSSR count). The first kappa shape index (κ1) is 9.21. The number of fused-ring (bicyclic) bond motifs is 1. The van der Waals surface area contributed by atoms with E-state index < -0.39 is 0 Å². The lowest BCUT2D eigenvalue weighted by atomic mass is 10.3. The Labute approximate surface area is 89.1 Å². The lowest BCUT2D eigenvalue weighted by Crippen LogP contribution is -1.99. The summed E-state index contributed by atoms with van der Waals surface area (Å²) in [5.74, 6) is 0. The SMILES string of the molecule is Cn1cnc2cc(NC(=O)Br)ccc21. The van der Waals surface area contributed by atoms with Crippen LogP contribution in [0.4, 0.5) is 10.5 Å². The molecule has 1 heterocycles. The molecule has 0 spiro atoms. The Bertz CT molecular complexity index is 492. The molecule has 0 aliphatic carbocycles. The third kappa shape index (κ3) is 1.63. The number of aromatic nitrogens is 2. The number of rotatable bonds is 1. The number of aryl methyl sites for hydroxylation is 1. The second-order valence-electron chi connectivity index (χ2n) is 2.96. The van der Waals surface area contributed by atoms with Crippen molar-refractivity contribution in [3.05, 3.63) is 24.5 Å². The standard InChI is InChI=1S/C9H8BrN3O/c1-13-5-11-7-4-6(12-9(10)14)2-3-8(7)13/h2-5H,1H3,(H,12,14). The van der Waals surface area contributed by atoms with Crippen LogP contribution in [-0.4, -0.2) is 14.4 Å². The van der Waals surface area contributed by atoms with Crippen LogP contribution in [0.15, 0.2) is 24.5 Å². The Kier molecular flexibility index (Phi) is 2.25. The summed E-state index contributed by atoms with van der Waals surface area (Å²) < 4.78 is 1.93. The van der Waals surface area contributed by atoms with E-state index in [0.717, 1.165) is 16.7 Å². The van der Waals surface area contributed by atoms with Crippen LogP contribution in [0.25, 0.3) is 11.0 Å². The Morgan fingerprint density at radius 1 is 1.57 bits per heavy atom. The summed E-state index contributed by atoms with van der Waals surface area (Å²) in [6.07, 6.45) is 1.74. The van der Waals surface area contributed by atoms with Crippen LogP contribution in [0.3, 0.4) is 0 Å². The first-order valence-corrected chi connectivity index (χ1v) is 4.83. The van der Waals surface area contributed by atoms with E-state index in [0.29, 0.717) is 0 Å². The molecule has 72 valence electrons. The number of hydrogen-bond acceptors (Lipinski definition) is 2. The highest BCUT2D eigenvalue weighted by atomic mass is 79.9. The van der Waals surface area contributed by atoms with Crippen molar-refractivity contribution >= 4 is 37.5 Å². The lowest BCUT2D eigenvalue weighted by molar-refractivity contribution is 0.270. The number of halogens is 1. The second kappa shape index (κ2) is 3.42. The zero-order valence-corrected chi connectivity index (χ0v) is 9.08. The molecule has 1 N–H and O–H groups in total. The maximum Gasteiger partial charge on any atom is 0.291 e. The van der Waals surface area contributed by atoms with Gasteiger partial charge in [-0.3, -0.25) is 4.79 Å². The van der Waals surface area contributed by atoms with Crippen LogP contribution >= 0.6 is 15.9 Å². The zero-order chi connectivity index (χ0) is 10.1. The van der Waals surface area contributed by atoms with E-state index >= 15 is 0 Å². The Morgan fingerprint density at radius 2 is 2.36 bits per heavy atom. The molecule has 0 unspecified atom stereocenters. The summed E-state index contributed by atoms with van der Waals surface area (Å²) in [5, 5.41) is 2.63.